The van der Waals surface area contributed by atoms with Gasteiger partial charge in [0.1, 0.15) is 0 Å². The standard InChI is InChI=1S/C26H37N3O/c1-4-21-10-12-23(13-11-21)26(20(2)3)27-18-25(30)28-24-14-16-29(17-15-24)19-22-8-6-5-7-9-22/h5-13,20,24,26-27H,4,14-19H2,1-3H3,(H,28,30)/t26-/m1/s1. The maximum Gasteiger partial charge on any atom is 0.234 e. The highest BCUT2D eigenvalue weighted by Gasteiger charge is 2.22. The van der Waals surface area contributed by atoms with Crippen molar-refractivity contribution < 1.29 is 4.79 Å². The summed E-state index contributed by atoms with van der Waals surface area (Å²) in [7, 11) is 0. The van der Waals surface area contributed by atoms with E-state index in [1.54, 1.807) is 0 Å². The molecule has 1 amide bonds. The summed E-state index contributed by atoms with van der Waals surface area (Å²) in [4.78, 5) is 15.0. The maximum atomic E-state index is 12.6. The Morgan fingerprint density at radius 3 is 2.27 bits per heavy atom. The molecule has 0 aromatic heterocycles. The van der Waals surface area contributed by atoms with Crippen molar-refractivity contribution in [3.8, 4) is 0 Å². The molecule has 162 valence electrons. The van der Waals surface area contributed by atoms with Gasteiger partial charge in [-0.15, -0.1) is 0 Å². The highest BCUT2D eigenvalue weighted by molar-refractivity contribution is 5.78. The molecule has 1 heterocycles. The minimum atomic E-state index is 0.104. The third-order valence-corrected chi connectivity index (χ3v) is 6.10. The smallest absolute Gasteiger partial charge is 0.234 e. The molecule has 1 aliphatic heterocycles. The molecule has 2 aromatic carbocycles. The van der Waals surface area contributed by atoms with Gasteiger partial charge in [-0.25, -0.2) is 0 Å². The molecule has 1 atom stereocenters. The van der Waals surface area contributed by atoms with Crippen LogP contribution in [0.1, 0.15) is 56.3 Å². The zero-order valence-corrected chi connectivity index (χ0v) is 18.7. The van der Waals surface area contributed by atoms with E-state index < -0.39 is 0 Å². The molecule has 4 heteroatoms. The molecule has 1 saturated heterocycles. The molecule has 0 unspecified atom stereocenters. The monoisotopic (exact) mass is 407 g/mol. The zero-order chi connectivity index (χ0) is 21.3. The number of likely N-dealkylation sites (tertiary alicyclic amines) is 1. The van der Waals surface area contributed by atoms with E-state index in [1.165, 1.54) is 16.7 Å². The molecule has 0 spiro atoms. The molecule has 30 heavy (non-hydrogen) atoms. The summed E-state index contributed by atoms with van der Waals surface area (Å²) in [5.41, 5.74) is 3.96. The molecule has 0 saturated carbocycles. The Labute approximate surface area is 182 Å². The number of carbonyl (C=O) groups excluding carboxylic acids is 1. The SMILES string of the molecule is CCc1ccc([C@H](NCC(=O)NC2CCN(Cc3ccccc3)CC2)C(C)C)cc1. The van der Waals surface area contributed by atoms with Gasteiger partial charge < -0.3 is 10.6 Å². The minimum absolute atomic E-state index is 0.104. The average molecular weight is 408 g/mol. The fourth-order valence-corrected chi connectivity index (χ4v) is 4.26. The molecule has 4 nitrogen and oxygen atoms in total. The van der Waals surface area contributed by atoms with E-state index in [0.29, 0.717) is 12.5 Å². The van der Waals surface area contributed by atoms with Crippen LogP contribution in [0, 0.1) is 5.92 Å². The second kappa shape index (κ2) is 11.3. The number of hydrogen-bond acceptors (Lipinski definition) is 3. The van der Waals surface area contributed by atoms with Gasteiger partial charge in [0.05, 0.1) is 6.54 Å². The molecular weight excluding hydrogens is 370 g/mol. The summed E-state index contributed by atoms with van der Waals surface area (Å²) < 4.78 is 0. The van der Waals surface area contributed by atoms with Crippen LogP contribution in [-0.2, 0) is 17.8 Å². The summed E-state index contributed by atoms with van der Waals surface area (Å²) >= 11 is 0. The Balaban J connectivity index is 1.42. The predicted octanol–water partition coefficient (Wildman–Crippen LogP) is 4.32. The number of nitrogens with one attached hydrogen (secondary N) is 2. The van der Waals surface area contributed by atoms with Gasteiger partial charge in [-0.3, -0.25) is 9.69 Å². The first kappa shape index (κ1) is 22.5. The van der Waals surface area contributed by atoms with Crippen molar-refractivity contribution >= 4 is 5.91 Å². The van der Waals surface area contributed by atoms with E-state index in [9.17, 15) is 4.79 Å². The summed E-state index contributed by atoms with van der Waals surface area (Å²) in [5.74, 6) is 0.527. The Kier molecular flexibility index (Phi) is 8.47. The van der Waals surface area contributed by atoms with Gasteiger partial charge in [-0.2, -0.15) is 0 Å². The lowest BCUT2D eigenvalue weighted by atomic mass is 9.95. The van der Waals surface area contributed by atoms with Gasteiger partial charge in [0.25, 0.3) is 0 Å². The lowest BCUT2D eigenvalue weighted by Gasteiger charge is -2.32. The summed E-state index contributed by atoms with van der Waals surface area (Å²) in [6.07, 6.45) is 3.09. The molecule has 0 aliphatic carbocycles. The van der Waals surface area contributed by atoms with Crippen LogP contribution in [-0.4, -0.2) is 36.5 Å². The zero-order valence-electron chi connectivity index (χ0n) is 18.7. The predicted molar refractivity (Wildman–Crippen MR) is 124 cm³/mol. The molecule has 3 rings (SSSR count). The fraction of sp³-hybridized carbons (Fsp3) is 0.500. The van der Waals surface area contributed by atoms with E-state index in [-0.39, 0.29) is 18.0 Å². The normalized spacial score (nSPS) is 16.5. The van der Waals surface area contributed by atoms with Crippen molar-refractivity contribution in [2.45, 2.75) is 58.7 Å². The first-order chi connectivity index (χ1) is 14.5. The third-order valence-electron chi connectivity index (χ3n) is 6.10. The van der Waals surface area contributed by atoms with Crippen LogP contribution in [0.5, 0.6) is 0 Å². The number of piperidine rings is 1. The van der Waals surface area contributed by atoms with E-state index in [4.69, 9.17) is 0 Å². The molecule has 2 N–H and O–H groups in total. The van der Waals surface area contributed by atoms with Crippen molar-refractivity contribution in [3.05, 3.63) is 71.3 Å². The third kappa shape index (κ3) is 6.68. The van der Waals surface area contributed by atoms with Gasteiger partial charge in [0.15, 0.2) is 0 Å². The number of aryl methyl sites for hydroxylation is 1. The van der Waals surface area contributed by atoms with Crippen LogP contribution in [0.25, 0.3) is 0 Å². The van der Waals surface area contributed by atoms with E-state index in [0.717, 1.165) is 38.9 Å². The topological polar surface area (TPSA) is 44.4 Å². The fourth-order valence-electron chi connectivity index (χ4n) is 4.26. The maximum absolute atomic E-state index is 12.6. The van der Waals surface area contributed by atoms with Crippen LogP contribution in [0.3, 0.4) is 0 Å². The second-order valence-corrected chi connectivity index (χ2v) is 8.80. The Hall–Kier alpha value is -2.17. The molecule has 0 radical (unpaired) electrons. The minimum Gasteiger partial charge on any atom is -0.352 e. The first-order valence-electron chi connectivity index (χ1n) is 11.4. The van der Waals surface area contributed by atoms with Crippen molar-refractivity contribution in [3.63, 3.8) is 0 Å². The Morgan fingerprint density at radius 1 is 1.00 bits per heavy atom. The van der Waals surface area contributed by atoms with Crippen molar-refractivity contribution in [1.82, 2.24) is 15.5 Å². The number of amides is 1. The summed E-state index contributed by atoms with van der Waals surface area (Å²) in [6.45, 7) is 10.00. The van der Waals surface area contributed by atoms with E-state index >= 15 is 0 Å². The van der Waals surface area contributed by atoms with Crippen molar-refractivity contribution in [2.24, 2.45) is 5.92 Å². The van der Waals surface area contributed by atoms with Crippen molar-refractivity contribution in [2.75, 3.05) is 19.6 Å². The van der Waals surface area contributed by atoms with E-state index in [2.05, 4.69) is 90.9 Å². The van der Waals surface area contributed by atoms with Crippen LogP contribution >= 0.6 is 0 Å². The summed E-state index contributed by atoms with van der Waals surface area (Å²) in [5, 5.41) is 6.72. The second-order valence-electron chi connectivity index (χ2n) is 8.80. The number of nitrogens with zero attached hydrogens (tertiary/aromatic N) is 1. The molecular formula is C26H37N3O. The van der Waals surface area contributed by atoms with Crippen LogP contribution in [0.2, 0.25) is 0 Å². The molecule has 2 aromatic rings. The first-order valence-corrected chi connectivity index (χ1v) is 11.4. The van der Waals surface area contributed by atoms with E-state index in [1.807, 2.05) is 0 Å². The van der Waals surface area contributed by atoms with Gasteiger partial charge in [0, 0.05) is 31.7 Å². The highest BCUT2D eigenvalue weighted by Crippen LogP contribution is 2.22. The number of benzene rings is 2. The molecule has 1 aliphatic rings. The van der Waals surface area contributed by atoms with Gasteiger partial charge in [0.2, 0.25) is 5.91 Å². The molecule has 1 fully saturated rings. The number of hydrogen-bond donors (Lipinski definition) is 2. The lowest BCUT2D eigenvalue weighted by molar-refractivity contribution is -0.121. The van der Waals surface area contributed by atoms with Gasteiger partial charge >= 0.3 is 0 Å². The van der Waals surface area contributed by atoms with Gasteiger partial charge in [-0.1, -0.05) is 75.4 Å². The highest BCUT2D eigenvalue weighted by atomic mass is 16.2. The summed E-state index contributed by atoms with van der Waals surface area (Å²) in [6, 6.07) is 19.8. The number of rotatable bonds is 9. The Morgan fingerprint density at radius 2 is 1.67 bits per heavy atom. The van der Waals surface area contributed by atoms with Crippen LogP contribution in [0.4, 0.5) is 0 Å². The Bertz CT molecular complexity index is 765. The van der Waals surface area contributed by atoms with Crippen LogP contribution in [0.15, 0.2) is 54.6 Å². The van der Waals surface area contributed by atoms with Crippen LogP contribution < -0.4 is 10.6 Å². The average Bonchev–Trinajstić information content (AvgIpc) is 2.76. The molecule has 0 bridgehead atoms. The lowest BCUT2D eigenvalue weighted by Crippen LogP contribution is -2.47. The largest absolute Gasteiger partial charge is 0.352 e. The van der Waals surface area contributed by atoms with Crippen molar-refractivity contribution in [1.29, 1.82) is 0 Å². The number of carbonyl (C=O) groups is 1. The quantitative estimate of drug-likeness (QED) is 0.651. The van der Waals surface area contributed by atoms with Gasteiger partial charge in [-0.05, 0) is 41.9 Å².